The summed E-state index contributed by atoms with van der Waals surface area (Å²) in [7, 11) is 0. The minimum atomic E-state index is -1.09. The van der Waals surface area contributed by atoms with Crippen LogP contribution in [0.1, 0.15) is 17.2 Å². The summed E-state index contributed by atoms with van der Waals surface area (Å²) in [5.74, 6) is -0.284. The molecule has 3 N–H and O–H groups in total. The van der Waals surface area contributed by atoms with E-state index in [0.717, 1.165) is 0 Å². The summed E-state index contributed by atoms with van der Waals surface area (Å²) < 4.78 is 19.4. The second kappa shape index (κ2) is 7.42. The molecular weight excluding hydrogens is 381 g/mol. The first-order valence-corrected chi connectivity index (χ1v) is 8.80. The van der Waals surface area contributed by atoms with Gasteiger partial charge >= 0.3 is 0 Å². The van der Waals surface area contributed by atoms with Crippen LogP contribution in [0.5, 0.6) is 0 Å². The number of hydrogen-bond acceptors (Lipinski definition) is 5. The molecule has 0 radical (unpaired) electrons. The van der Waals surface area contributed by atoms with Crippen LogP contribution in [0.2, 0.25) is 5.02 Å². The normalized spacial score (nSPS) is 12.1. The summed E-state index contributed by atoms with van der Waals surface area (Å²) in [5, 5.41) is 15.8. The second-order valence-electron chi connectivity index (χ2n) is 6.24. The number of nitrogen functional groups attached to an aromatic ring is 1. The van der Waals surface area contributed by atoms with Gasteiger partial charge in [-0.1, -0.05) is 35.0 Å². The SMILES string of the molecule is Nc1cc(F)cc(-c2onc(-c3ccc(Cl)cc3)c2C(O)c2cccnc2)c1. The number of pyridine rings is 1. The van der Waals surface area contributed by atoms with Gasteiger partial charge in [-0.2, -0.15) is 0 Å². The Labute approximate surface area is 165 Å². The molecule has 7 heteroatoms. The first kappa shape index (κ1) is 18.2. The minimum absolute atomic E-state index is 0.229. The highest BCUT2D eigenvalue weighted by Gasteiger charge is 2.27. The van der Waals surface area contributed by atoms with Crippen LogP contribution in [0.25, 0.3) is 22.6 Å². The van der Waals surface area contributed by atoms with E-state index in [-0.39, 0.29) is 11.4 Å². The molecule has 5 nitrogen and oxygen atoms in total. The van der Waals surface area contributed by atoms with E-state index < -0.39 is 11.9 Å². The summed E-state index contributed by atoms with van der Waals surface area (Å²) >= 11 is 5.98. The molecule has 4 rings (SSSR count). The van der Waals surface area contributed by atoms with E-state index in [2.05, 4.69) is 10.1 Å². The van der Waals surface area contributed by atoms with Gasteiger partial charge in [0.15, 0.2) is 5.76 Å². The van der Waals surface area contributed by atoms with Crippen molar-refractivity contribution >= 4 is 17.3 Å². The summed E-state index contributed by atoms with van der Waals surface area (Å²) in [5.41, 5.74) is 8.45. The molecule has 0 saturated carbocycles. The number of halogens is 2. The maximum Gasteiger partial charge on any atom is 0.173 e. The number of rotatable bonds is 4. The molecule has 2 heterocycles. The van der Waals surface area contributed by atoms with E-state index in [4.69, 9.17) is 21.9 Å². The Hall–Kier alpha value is -3.22. The molecule has 0 aliphatic rings. The van der Waals surface area contributed by atoms with Crippen LogP contribution >= 0.6 is 11.6 Å². The van der Waals surface area contributed by atoms with Gasteiger partial charge in [0, 0.05) is 39.8 Å². The molecule has 0 aliphatic heterocycles. The molecule has 140 valence electrons. The van der Waals surface area contributed by atoms with Gasteiger partial charge in [0.1, 0.15) is 17.6 Å². The first-order valence-electron chi connectivity index (χ1n) is 8.43. The lowest BCUT2D eigenvalue weighted by Crippen LogP contribution is -2.03. The van der Waals surface area contributed by atoms with Crippen LogP contribution in [0, 0.1) is 5.82 Å². The predicted molar refractivity (Wildman–Crippen MR) is 105 cm³/mol. The van der Waals surface area contributed by atoms with E-state index >= 15 is 0 Å². The zero-order valence-electron chi connectivity index (χ0n) is 14.5. The highest BCUT2D eigenvalue weighted by Crippen LogP contribution is 2.39. The van der Waals surface area contributed by atoms with Gasteiger partial charge in [-0.05, 0) is 36.4 Å². The molecule has 1 atom stereocenters. The van der Waals surface area contributed by atoms with Crippen LogP contribution in [-0.2, 0) is 0 Å². The largest absolute Gasteiger partial charge is 0.399 e. The van der Waals surface area contributed by atoms with Gasteiger partial charge < -0.3 is 15.4 Å². The van der Waals surface area contributed by atoms with E-state index in [1.54, 1.807) is 54.9 Å². The number of nitrogens with two attached hydrogens (primary N) is 1. The second-order valence-corrected chi connectivity index (χ2v) is 6.68. The van der Waals surface area contributed by atoms with E-state index in [9.17, 15) is 9.50 Å². The van der Waals surface area contributed by atoms with Crippen molar-refractivity contribution in [2.45, 2.75) is 6.10 Å². The third-order valence-corrected chi connectivity index (χ3v) is 4.55. The molecule has 0 fully saturated rings. The monoisotopic (exact) mass is 395 g/mol. The Kier molecular flexibility index (Phi) is 4.81. The number of benzene rings is 2. The van der Waals surface area contributed by atoms with Crippen LogP contribution in [0.4, 0.5) is 10.1 Å². The van der Waals surface area contributed by atoms with Crippen LogP contribution in [0.3, 0.4) is 0 Å². The highest BCUT2D eigenvalue weighted by atomic mass is 35.5. The Balaban J connectivity index is 1.93. The summed E-state index contributed by atoms with van der Waals surface area (Å²) in [6.07, 6.45) is 2.07. The lowest BCUT2D eigenvalue weighted by molar-refractivity contribution is 0.220. The molecule has 28 heavy (non-hydrogen) atoms. The lowest BCUT2D eigenvalue weighted by Gasteiger charge is -2.13. The summed E-state index contributed by atoms with van der Waals surface area (Å²) in [6, 6.07) is 14.5. The average Bonchev–Trinajstić information content (AvgIpc) is 3.13. The van der Waals surface area contributed by atoms with Crippen molar-refractivity contribution in [2.24, 2.45) is 0 Å². The van der Waals surface area contributed by atoms with Gasteiger partial charge in [-0.15, -0.1) is 0 Å². The number of hydrogen-bond donors (Lipinski definition) is 2. The maximum absolute atomic E-state index is 13.9. The summed E-state index contributed by atoms with van der Waals surface area (Å²) in [6.45, 7) is 0. The Bertz CT molecular complexity index is 1090. The third kappa shape index (κ3) is 3.47. The smallest absolute Gasteiger partial charge is 0.173 e. The van der Waals surface area contributed by atoms with E-state index in [0.29, 0.717) is 33.0 Å². The number of aromatic nitrogens is 2. The number of aliphatic hydroxyl groups is 1. The van der Waals surface area contributed by atoms with Crippen molar-refractivity contribution in [3.63, 3.8) is 0 Å². The number of nitrogens with zero attached hydrogens (tertiary/aromatic N) is 2. The molecular formula is C21H15ClFN3O2. The zero-order valence-corrected chi connectivity index (χ0v) is 15.3. The molecule has 0 spiro atoms. The van der Waals surface area contributed by atoms with Crippen molar-refractivity contribution in [3.8, 4) is 22.6 Å². The van der Waals surface area contributed by atoms with Gasteiger partial charge in [0.05, 0.1) is 5.56 Å². The zero-order chi connectivity index (χ0) is 19.7. The fourth-order valence-electron chi connectivity index (χ4n) is 3.02. The minimum Gasteiger partial charge on any atom is -0.399 e. The number of anilines is 1. The van der Waals surface area contributed by atoms with E-state index in [1.165, 1.54) is 12.1 Å². The van der Waals surface area contributed by atoms with Gasteiger partial charge in [-0.25, -0.2) is 4.39 Å². The Morgan fingerprint density at radius 3 is 2.54 bits per heavy atom. The van der Waals surface area contributed by atoms with Crippen LogP contribution in [0.15, 0.2) is 71.5 Å². The predicted octanol–water partition coefficient (Wildman–Crippen LogP) is 4.86. The first-order chi connectivity index (χ1) is 13.5. The topological polar surface area (TPSA) is 85.2 Å². The molecule has 0 amide bonds. The molecule has 0 bridgehead atoms. The fourth-order valence-corrected chi connectivity index (χ4v) is 3.15. The van der Waals surface area contributed by atoms with Gasteiger partial charge in [0.25, 0.3) is 0 Å². The Morgan fingerprint density at radius 2 is 1.86 bits per heavy atom. The van der Waals surface area contributed by atoms with Crippen LogP contribution in [-0.4, -0.2) is 15.2 Å². The highest BCUT2D eigenvalue weighted by molar-refractivity contribution is 6.30. The van der Waals surface area contributed by atoms with Gasteiger partial charge in [0.2, 0.25) is 0 Å². The van der Waals surface area contributed by atoms with Crippen molar-refractivity contribution in [1.29, 1.82) is 0 Å². The standard InChI is InChI=1S/C21H15ClFN3O2/c22-15-5-3-12(4-6-15)19-18(20(27)13-2-1-7-25-11-13)21(28-26-19)14-8-16(23)10-17(24)9-14/h1-11,20,27H,24H2. The molecule has 0 aliphatic carbocycles. The van der Waals surface area contributed by atoms with E-state index in [1.807, 2.05) is 0 Å². The summed E-state index contributed by atoms with van der Waals surface area (Å²) in [4.78, 5) is 4.05. The molecule has 4 aromatic rings. The molecule has 1 unspecified atom stereocenters. The third-order valence-electron chi connectivity index (χ3n) is 4.30. The molecule has 2 aromatic carbocycles. The molecule has 2 aromatic heterocycles. The Morgan fingerprint density at radius 1 is 1.07 bits per heavy atom. The van der Waals surface area contributed by atoms with Crippen molar-refractivity contribution in [1.82, 2.24) is 10.1 Å². The molecule has 0 saturated heterocycles. The quantitative estimate of drug-likeness (QED) is 0.482. The fraction of sp³-hybridized carbons (Fsp3) is 0.0476. The average molecular weight is 396 g/mol. The lowest BCUT2D eigenvalue weighted by atomic mass is 9.95. The van der Waals surface area contributed by atoms with Crippen molar-refractivity contribution in [3.05, 3.63) is 89.0 Å². The van der Waals surface area contributed by atoms with Crippen molar-refractivity contribution < 1.29 is 14.0 Å². The number of aliphatic hydroxyl groups excluding tert-OH is 1. The van der Waals surface area contributed by atoms with Gasteiger partial charge in [-0.3, -0.25) is 4.98 Å². The van der Waals surface area contributed by atoms with Crippen LogP contribution < -0.4 is 5.73 Å². The maximum atomic E-state index is 13.9. The van der Waals surface area contributed by atoms with Crippen molar-refractivity contribution in [2.75, 3.05) is 5.73 Å².